The number of fused-ring (bicyclic) bond motifs is 1. The van der Waals surface area contributed by atoms with Crippen molar-refractivity contribution in [2.24, 2.45) is 0 Å². The average molecular weight is 378 g/mol. The molecule has 1 fully saturated rings. The second-order valence-electron chi connectivity index (χ2n) is 7.56. The van der Waals surface area contributed by atoms with Crippen LogP contribution in [0.5, 0.6) is 0 Å². The van der Waals surface area contributed by atoms with Crippen molar-refractivity contribution >= 4 is 11.7 Å². The largest absolute Gasteiger partial charge is 0.340 e. The fourth-order valence-electron chi connectivity index (χ4n) is 3.90. The number of benzene rings is 1. The first-order chi connectivity index (χ1) is 13.5. The van der Waals surface area contributed by atoms with E-state index in [1.54, 1.807) is 4.52 Å². The molecule has 1 aliphatic heterocycles. The SMILES string of the molecule is Cc1cccc(CN2CCN(C(=O)Cc3c(C)nc4ncnn4c3C)CC2)c1. The minimum atomic E-state index is 0.155. The smallest absolute Gasteiger partial charge is 0.252 e. The lowest BCUT2D eigenvalue weighted by Crippen LogP contribution is -2.48. The first kappa shape index (κ1) is 18.6. The Morgan fingerprint density at radius 1 is 1.11 bits per heavy atom. The molecule has 1 aromatic carbocycles. The van der Waals surface area contributed by atoms with Crippen LogP contribution in [0, 0.1) is 20.8 Å². The third kappa shape index (κ3) is 3.75. The summed E-state index contributed by atoms with van der Waals surface area (Å²) in [5.41, 5.74) is 5.36. The van der Waals surface area contributed by atoms with Gasteiger partial charge in [-0.15, -0.1) is 0 Å². The highest BCUT2D eigenvalue weighted by molar-refractivity contribution is 5.79. The third-order valence-corrected chi connectivity index (χ3v) is 5.53. The normalized spacial score (nSPS) is 15.3. The van der Waals surface area contributed by atoms with Crippen LogP contribution in [0.25, 0.3) is 5.78 Å². The summed E-state index contributed by atoms with van der Waals surface area (Å²) in [7, 11) is 0. The van der Waals surface area contributed by atoms with Gasteiger partial charge in [0.15, 0.2) is 0 Å². The average Bonchev–Trinajstić information content (AvgIpc) is 3.14. The lowest BCUT2D eigenvalue weighted by atomic mass is 10.1. The van der Waals surface area contributed by atoms with E-state index in [-0.39, 0.29) is 5.91 Å². The zero-order valence-corrected chi connectivity index (χ0v) is 16.7. The van der Waals surface area contributed by atoms with Crippen molar-refractivity contribution in [3.05, 3.63) is 58.7 Å². The Balaban J connectivity index is 1.38. The number of nitrogens with zero attached hydrogens (tertiary/aromatic N) is 6. The molecule has 0 spiro atoms. The molecule has 1 saturated heterocycles. The standard InChI is InChI=1S/C21H26N6O/c1-15-5-4-6-18(11-15)13-25-7-9-26(10-8-25)20(28)12-19-16(2)24-21-22-14-23-27(21)17(19)3/h4-6,11,14H,7-10,12-13H2,1-3H3. The minimum absolute atomic E-state index is 0.155. The number of aryl methyl sites for hydroxylation is 3. The van der Waals surface area contributed by atoms with Gasteiger partial charge >= 0.3 is 0 Å². The Bertz CT molecular complexity index is 1000. The van der Waals surface area contributed by atoms with Gasteiger partial charge in [0.1, 0.15) is 6.33 Å². The Morgan fingerprint density at radius 2 is 1.89 bits per heavy atom. The molecule has 0 atom stereocenters. The predicted octanol–water partition coefficient (Wildman–Crippen LogP) is 1.94. The molecule has 146 valence electrons. The van der Waals surface area contributed by atoms with Crippen molar-refractivity contribution in [3.63, 3.8) is 0 Å². The van der Waals surface area contributed by atoms with Crippen LogP contribution in [0.15, 0.2) is 30.6 Å². The molecule has 0 aliphatic carbocycles. The van der Waals surface area contributed by atoms with Gasteiger partial charge in [0.25, 0.3) is 5.78 Å². The molecule has 0 bridgehead atoms. The van der Waals surface area contributed by atoms with Gasteiger partial charge in [-0.3, -0.25) is 9.69 Å². The van der Waals surface area contributed by atoms with E-state index >= 15 is 0 Å². The summed E-state index contributed by atoms with van der Waals surface area (Å²) < 4.78 is 1.70. The second kappa shape index (κ2) is 7.67. The first-order valence-corrected chi connectivity index (χ1v) is 9.73. The maximum absolute atomic E-state index is 12.9. The van der Waals surface area contributed by atoms with E-state index in [9.17, 15) is 4.79 Å². The first-order valence-electron chi connectivity index (χ1n) is 9.73. The third-order valence-electron chi connectivity index (χ3n) is 5.53. The molecule has 1 amide bonds. The summed E-state index contributed by atoms with van der Waals surface area (Å²) in [4.78, 5) is 25.9. The van der Waals surface area contributed by atoms with E-state index in [4.69, 9.17) is 0 Å². The van der Waals surface area contributed by atoms with Crippen LogP contribution in [0.3, 0.4) is 0 Å². The summed E-state index contributed by atoms with van der Waals surface area (Å²) >= 11 is 0. The van der Waals surface area contributed by atoms with E-state index in [0.717, 1.165) is 49.7 Å². The van der Waals surface area contributed by atoms with Crippen LogP contribution in [0.2, 0.25) is 0 Å². The molecule has 7 heteroatoms. The van der Waals surface area contributed by atoms with Gasteiger partial charge in [-0.25, -0.2) is 9.50 Å². The molecule has 3 heterocycles. The van der Waals surface area contributed by atoms with E-state index in [0.29, 0.717) is 12.2 Å². The number of aromatic nitrogens is 4. The minimum Gasteiger partial charge on any atom is -0.340 e. The number of carbonyl (C=O) groups is 1. The molecule has 1 aliphatic rings. The number of piperazine rings is 1. The van der Waals surface area contributed by atoms with Crippen LogP contribution >= 0.6 is 0 Å². The number of hydrogen-bond acceptors (Lipinski definition) is 5. The Labute approximate surface area is 165 Å². The highest BCUT2D eigenvalue weighted by Crippen LogP contribution is 2.16. The van der Waals surface area contributed by atoms with Crippen molar-refractivity contribution in [2.45, 2.75) is 33.7 Å². The zero-order chi connectivity index (χ0) is 19.7. The summed E-state index contributed by atoms with van der Waals surface area (Å²) in [6.07, 6.45) is 1.85. The van der Waals surface area contributed by atoms with Gasteiger partial charge in [0.05, 0.1) is 6.42 Å². The molecule has 7 nitrogen and oxygen atoms in total. The molecule has 0 radical (unpaired) electrons. The predicted molar refractivity (Wildman–Crippen MR) is 107 cm³/mol. The number of rotatable bonds is 4. The van der Waals surface area contributed by atoms with E-state index in [1.165, 1.54) is 17.5 Å². The fraction of sp³-hybridized carbons (Fsp3) is 0.429. The Hall–Kier alpha value is -2.80. The van der Waals surface area contributed by atoms with Gasteiger partial charge in [0, 0.05) is 49.7 Å². The van der Waals surface area contributed by atoms with Crippen LogP contribution in [-0.2, 0) is 17.8 Å². The van der Waals surface area contributed by atoms with Crippen LogP contribution < -0.4 is 0 Å². The van der Waals surface area contributed by atoms with Crippen LogP contribution in [0.4, 0.5) is 0 Å². The number of hydrogen-bond donors (Lipinski definition) is 0. The maximum atomic E-state index is 12.9. The van der Waals surface area contributed by atoms with Crippen molar-refractivity contribution in [1.82, 2.24) is 29.4 Å². The van der Waals surface area contributed by atoms with Gasteiger partial charge in [0.2, 0.25) is 5.91 Å². The highest BCUT2D eigenvalue weighted by atomic mass is 16.2. The lowest BCUT2D eigenvalue weighted by molar-refractivity contribution is -0.132. The highest BCUT2D eigenvalue weighted by Gasteiger charge is 2.23. The summed E-state index contributed by atoms with van der Waals surface area (Å²) in [6, 6.07) is 8.63. The fourth-order valence-corrected chi connectivity index (χ4v) is 3.90. The quantitative estimate of drug-likeness (QED) is 0.694. The van der Waals surface area contributed by atoms with Crippen molar-refractivity contribution in [3.8, 4) is 0 Å². The molecule has 0 saturated carbocycles. The second-order valence-corrected chi connectivity index (χ2v) is 7.56. The summed E-state index contributed by atoms with van der Waals surface area (Å²) in [6.45, 7) is 10.3. The molecule has 3 aromatic rings. The molecule has 0 N–H and O–H groups in total. The summed E-state index contributed by atoms with van der Waals surface area (Å²) in [5.74, 6) is 0.735. The molecule has 2 aromatic heterocycles. The van der Waals surface area contributed by atoms with Gasteiger partial charge in [-0.05, 0) is 26.3 Å². The van der Waals surface area contributed by atoms with Crippen LogP contribution in [0.1, 0.15) is 28.1 Å². The Morgan fingerprint density at radius 3 is 2.64 bits per heavy atom. The van der Waals surface area contributed by atoms with Crippen molar-refractivity contribution in [1.29, 1.82) is 0 Å². The Kier molecular flexibility index (Phi) is 5.09. The molecular weight excluding hydrogens is 352 g/mol. The molecule has 0 unspecified atom stereocenters. The van der Waals surface area contributed by atoms with Gasteiger partial charge in [-0.1, -0.05) is 29.8 Å². The van der Waals surface area contributed by atoms with Gasteiger partial charge in [-0.2, -0.15) is 10.1 Å². The molecular formula is C21H26N6O. The summed E-state index contributed by atoms with van der Waals surface area (Å²) in [5, 5.41) is 4.21. The molecule has 4 rings (SSSR count). The number of carbonyl (C=O) groups excluding carboxylic acids is 1. The zero-order valence-electron chi connectivity index (χ0n) is 16.7. The van der Waals surface area contributed by atoms with E-state index in [2.05, 4.69) is 51.2 Å². The number of amides is 1. The van der Waals surface area contributed by atoms with Crippen LogP contribution in [-0.4, -0.2) is 61.5 Å². The van der Waals surface area contributed by atoms with Crippen molar-refractivity contribution in [2.75, 3.05) is 26.2 Å². The van der Waals surface area contributed by atoms with Gasteiger partial charge < -0.3 is 4.90 Å². The monoisotopic (exact) mass is 378 g/mol. The van der Waals surface area contributed by atoms with E-state index < -0.39 is 0 Å². The van der Waals surface area contributed by atoms with E-state index in [1.807, 2.05) is 18.7 Å². The lowest BCUT2D eigenvalue weighted by Gasteiger charge is -2.35. The topological polar surface area (TPSA) is 66.6 Å². The molecule has 28 heavy (non-hydrogen) atoms. The maximum Gasteiger partial charge on any atom is 0.252 e. The van der Waals surface area contributed by atoms with Crippen molar-refractivity contribution < 1.29 is 4.79 Å².